The number of rotatable bonds is 8. The number of nitrogens with zero attached hydrogens (tertiary/aromatic N) is 1. The largest absolute Gasteiger partial charge is 1.00 e. The standard InChI is InChI=1S/C38H48N8O6.ClH/c1-23-28-9-5-7-19-40-35(49)30(11-4-6-18-39)45-38(52)33(21-25-22-41-29-10-3-2-8-27(25)29)46-37(51)32(20-24-12-14-26(47)15-13-24)43-34(48)17-16-31(42-23)36(50)44-28;/h2-3,8,10,12-15,22,30,32-33,41,47H,4-7,9,11,16-21,39H2,1H3,(H,40,49)(H,43,48)(H,44,50)(H,45,52)(H,46,51);1H/t30-,32-,33+;/m0./s1. The van der Waals surface area contributed by atoms with Crippen molar-refractivity contribution in [3.63, 3.8) is 0 Å². The Labute approximate surface area is 313 Å². The van der Waals surface area contributed by atoms with Crippen LogP contribution in [0.1, 0.15) is 66.7 Å². The molecule has 53 heavy (non-hydrogen) atoms. The van der Waals surface area contributed by atoms with Gasteiger partial charge in [0.25, 0.3) is 5.56 Å². The minimum Gasteiger partial charge on any atom is -1.00 e. The van der Waals surface area contributed by atoms with Gasteiger partial charge in [0, 0.05) is 55.0 Å². The van der Waals surface area contributed by atoms with Crippen LogP contribution in [0.3, 0.4) is 0 Å². The number of halogens is 1. The third-order valence-corrected chi connectivity index (χ3v) is 9.39. The third kappa shape index (κ3) is 11.4. The van der Waals surface area contributed by atoms with E-state index in [1.807, 2.05) is 24.3 Å². The number of phenols is 1. The molecule has 4 heterocycles. The van der Waals surface area contributed by atoms with Crippen molar-refractivity contribution in [2.24, 2.45) is 0 Å². The topological polar surface area (TPSA) is 226 Å². The molecule has 0 saturated carbocycles. The number of quaternary nitrogens is 1. The zero-order chi connectivity index (χ0) is 37.0. The van der Waals surface area contributed by atoms with Gasteiger partial charge in [-0.25, -0.2) is 0 Å². The number of carbonyl (C=O) groups is 4. The summed E-state index contributed by atoms with van der Waals surface area (Å²) in [6.45, 7) is 2.86. The molecule has 0 saturated heterocycles. The molecule has 4 amide bonds. The fourth-order valence-electron chi connectivity index (χ4n) is 6.44. The maximum Gasteiger partial charge on any atom is 0.269 e. The molecule has 2 aliphatic rings. The maximum absolute atomic E-state index is 14.1. The van der Waals surface area contributed by atoms with E-state index in [1.165, 1.54) is 12.1 Å². The van der Waals surface area contributed by atoms with Gasteiger partial charge in [0.1, 0.15) is 29.6 Å². The van der Waals surface area contributed by atoms with Crippen LogP contribution in [0, 0.1) is 6.92 Å². The molecule has 2 bridgehead atoms. The molecular formula is C38H49ClN8O6. The summed E-state index contributed by atoms with van der Waals surface area (Å²) in [6.07, 6.45) is 5.61. The van der Waals surface area contributed by atoms with Crippen LogP contribution in [-0.4, -0.2) is 74.9 Å². The Kier molecular flexibility index (Phi) is 15.0. The first-order valence-corrected chi connectivity index (χ1v) is 18.0. The predicted octanol–water partition coefficient (Wildman–Crippen LogP) is -1.99. The summed E-state index contributed by atoms with van der Waals surface area (Å²) < 4.78 is 0. The summed E-state index contributed by atoms with van der Waals surface area (Å²) in [4.78, 5) is 78.6. The predicted molar refractivity (Wildman–Crippen MR) is 195 cm³/mol. The summed E-state index contributed by atoms with van der Waals surface area (Å²) in [5.41, 5.74) is 7.41. The number of aryl methyl sites for hydroxylation is 3. The number of hydrogen-bond donors (Lipinski definition) is 8. The number of aromatic nitrogens is 3. The van der Waals surface area contributed by atoms with Gasteiger partial charge in [0.15, 0.2) is 0 Å². The van der Waals surface area contributed by atoms with Gasteiger partial charge in [-0.2, -0.15) is 0 Å². The Balaban J connectivity index is 0.00000627. The first kappa shape index (κ1) is 40.6. The number of aromatic hydroxyl groups is 1. The van der Waals surface area contributed by atoms with Crippen molar-refractivity contribution in [2.45, 2.75) is 89.3 Å². The van der Waals surface area contributed by atoms with Gasteiger partial charge in [-0.3, -0.25) is 29.0 Å². The highest BCUT2D eigenvalue weighted by Crippen LogP contribution is 2.20. The molecule has 0 radical (unpaired) electrons. The summed E-state index contributed by atoms with van der Waals surface area (Å²) in [7, 11) is 0. The Morgan fingerprint density at radius 1 is 0.811 bits per heavy atom. The second-order valence-electron chi connectivity index (χ2n) is 13.4. The molecule has 6 rings (SSSR count). The summed E-state index contributed by atoms with van der Waals surface area (Å²) in [6, 6.07) is 10.8. The van der Waals surface area contributed by atoms with E-state index >= 15 is 0 Å². The van der Waals surface area contributed by atoms with Gasteiger partial charge in [-0.15, -0.1) is 0 Å². The second kappa shape index (κ2) is 19.6. The number of para-hydroxylation sites is 1. The monoisotopic (exact) mass is 748 g/mol. The number of aromatic amines is 2. The molecule has 0 spiro atoms. The van der Waals surface area contributed by atoms with Crippen molar-refractivity contribution >= 4 is 34.5 Å². The van der Waals surface area contributed by atoms with Crippen LogP contribution >= 0.6 is 0 Å². The van der Waals surface area contributed by atoms with E-state index in [2.05, 4.69) is 42.0 Å². The number of hydrogen-bond acceptors (Lipinski definition) is 7. The maximum atomic E-state index is 14.1. The molecule has 2 aromatic heterocycles. The van der Waals surface area contributed by atoms with Crippen molar-refractivity contribution < 1.29 is 42.4 Å². The molecule has 2 aromatic carbocycles. The Hall–Kier alpha value is -5.21. The second-order valence-corrected chi connectivity index (χ2v) is 13.4. The molecule has 0 aliphatic carbocycles. The minimum atomic E-state index is -1.11. The van der Waals surface area contributed by atoms with Crippen LogP contribution in [0.2, 0.25) is 0 Å². The lowest BCUT2D eigenvalue weighted by molar-refractivity contribution is -0.368. The normalized spacial score (nSPS) is 19.3. The van der Waals surface area contributed by atoms with Gasteiger partial charge in [0.2, 0.25) is 23.6 Å². The third-order valence-electron chi connectivity index (χ3n) is 9.39. The van der Waals surface area contributed by atoms with Crippen LogP contribution in [-0.2, 0) is 44.9 Å². The van der Waals surface area contributed by atoms with Gasteiger partial charge in [-0.1, -0.05) is 30.3 Å². The number of nitrogens with one attached hydrogen (secondary N) is 6. The first-order chi connectivity index (χ1) is 25.1. The fourth-order valence-corrected chi connectivity index (χ4v) is 6.44. The highest BCUT2D eigenvalue weighted by Gasteiger charge is 2.31. The molecule has 0 unspecified atom stereocenters. The Morgan fingerprint density at radius 2 is 1.53 bits per heavy atom. The fraction of sp³-hybridized carbons (Fsp3) is 0.421. The molecule has 14 nitrogen and oxygen atoms in total. The highest BCUT2D eigenvalue weighted by molar-refractivity contribution is 5.95. The summed E-state index contributed by atoms with van der Waals surface area (Å²) >= 11 is 0. The van der Waals surface area contributed by atoms with E-state index in [-0.39, 0.29) is 61.0 Å². The number of phenolic OH excluding ortho intramolecular Hbond substituents is 1. The zero-order valence-electron chi connectivity index (χ0n) is 29.9. The number of amides is 4. The van der Waals surface area contributed by atoms with Crippen molar-refractivity contribution in [3.05, 3.63) is 93.3 Å². The molecule has 284 valence electrons. The number of H-pyrrole nitrogens is 2. The average molecular weight is 749 g/mol. The average Bonchev–Trinajstić information content (AvgIpc) is 3.54. The van der Waals surface area contributed by atoms with Crippen LogP contribution in [0.5, 0.6) is 5.75 Å². The van der Waals surface area contributed by atoms with Crippen molar-refractivity contribution in [1.29, 1.82) is 0 Å². The quantitative estimate of drug-likeness (QED) is 0.0747. The Bertz CT molecular complexity index is 1930. The number of unbranched alkanes of at least 4 members (excludes halogenated alkanes) is 1. The Morgan fingerprint density at radius 3 is 2.28 bits per heavy atom. The van der Waals surface area contributed by atoms with E-state index < -0.39 is 35.8 Å². The van der Waals surface area contributed by atoms with E-state index in [4.69, 9.17) is 0 Å². The van der Waals surface area contributed by atoms with E-state index in [9.17, 15) is 29.1 Å². The first-order valence-electron chi connectivity index (χ1n) is 18.0. The SMILES string of the molecule is Cc1nc2c(=O)[nH]c1CCCCNC(=O)[C@H](CCCC[NH3+])NC(=O)[C@@H](Cc1c[nH]c3ccccc13)NC(=O)[C@H](Cc1ccc(O)cc1)NC(=O)CC2.[Cl-]. The van der Waals surface area contributed by atoms with Crippen LogP contribution in [0.15, 0.2) is 59.5 Å². The molecular weight excluding hydrogens is 700 g/mol. The number of fused-ring (bicyclic) bond motifs is 19. The van der Waals surface area contributed by atoms with Crippen LogP contribution in [0.4, 0.5) is 0 Å². The van der Waals surface area contributed by atoms with E-state index in [0.29, 0.717) is 62.1 Å². The summed E-state index contributed by atoms with van der Waals surface area (Å²) in [5.74, 6) is -1.90. The lowest BCUT2D eigenvalue weighted by Crippen LogP contribution is -3.00. The van der Waals surface area contributed by atoms with Crippen molar-refractivity contribution in [3.8, 4) is 5.75 Å². The van der Waals surface area contributed by atoms with Gasteiger partial charge >= 0.3 is 0 Å². The minimum absolute atomic E-state index is 0. The smallest absolute Gasteiger partial charge is 0.269 e. The van der Waals surface area contributed by atoms with Gasteiger partial charge in [0.05, 0.1) is 12.2 Å². The lowest BCUT2D eigenvalue weighted by Gasteiger charge is -2.25. The highest BCUT2D eigenvalue weighted by atomic mass is 35.5. The van der Waals surface area contributed by atoms with E-state index in [0.717, 1.165) is 22.9 Å². The number of carbonyl (C=O) groups excluding carboxylic acids is 4. The summed E-state index contributed by atoms with van der Waals surface area (Å²) in [5, 5.41) is 22.3. The van der Waals surface area contributed by atoms with Gasteiger partial charge < -0.3 is 54.5 Å². The van der Waals surface area contributed by atoms with Crippen LogP contribution in [0.25, 0.3) is 10.9 Å². The molecule has 4 aromatic rings. The van der Waals surface area contributed by atoms with Crippen molar-refractivity contribution in [1.82, 2.24) is 36.2 Å². The molecule has 3 atom stereocenters. The van der Waals surface area contributed by atoms with E-state index in [1.54, 1.807) is 25.3 Å². The van der Waals surface area contributed by atoms with Crippen molar-refractivity contribution in [2.75, 3.05) is 13.1 Å². The molecule has 10 N–H and O–H groups in total. The molecule has 0 fully saturated rings. The number of benzene rings is 2. The molecule has 15 heteroatoms. The zero-order valence-corrected chi connectivity index (χ0v) is 30.7. The molecule has 2 aliphatic heterocycles. The lowest BCUT2D eigenvalue weighted by atomic mass is 10.0. The van der Waals surface area contributed by atoms with Gasteiger partial charge in [-0.05, 0) is 74.8 Å². The van der Waals surface area contributed by atoms with Crippen LogP contribution < -0.4 is 45.0 Å².